The van der Waals surface area contributed by atoms with Gasteiger partial charge in [0.05, 0.1) is 12.0 Å². The summed E-state index contributed by atoms with van der Waals surface area (Å²) >= 11 is 0. The van der Waals surface area contributed by atoms with Gasteiger partial charge in [0.1, 0.15) is 0 Å². The van der Waals surface area contributed by atoms with Crippen LogP contribution in [0.2, 0.25) is 0 Å². The molecule has 0 spiro atoms. The Bertz CT molecular complexity index is 512. The molecule has 7 nitrogen and oxygen atoms in total. The molecule has 2 amide bonds. The number of anilines is 1. The number of hydrogen-bond acceptors (Lipinski definition) is 4. The van der Waals surface area contributed by atoms with Crippen LogP contribution >= 0.6 is 0 Å². The van der Waals surface area contributed by atoms with Crippen LogP contribution in [0.1, 0.15) is 19.3 Å². The minimum Gasteiger partial charge on any atom is -0.490 e. The molecule has 7 heteroatoms. The first-order valence-electron chi connectivity index (χ1n) is 6.50. The van der Waals surface area contributed by atoms with Gasteiger partial charge in [0, 0.05) is 24.8 Å². The topological polar surface area (TPSA) is 84.7 Å². The summed E-state index contributed by atoms with van der Waals surface area (Å²) in [5, 5.41) is 13.6. The van der Waals surface area contributed by atoms with Crippen molar-refractivity contribution in [2.24, 2.45) is 0 Å². The Hall–Kier alpha value is -2.31. The van der Waals surface area contributed by atoms with Crippen LogP contribution in [0.25, 0.3) is 0 Å². The van der Waals surface area contributed by atoms with E-state index in [0.717, 1.165) is 32.4 Å². The average molecular weight is 279 g/mol. The maximum Gasteiger partial charge on any atom is 0.321 e. The third-order valence-corrected chi connectivity index (χ3v) is 3.27. The molecule has 1 N–H and O–H groups in total. The van der Waals surface area contributed by atoms with Crippen LogP contribution in [0.3, 0.4) is 0 Å². The van der Waals surface area contributed by atoms with Crippen molar-refractivity contribution in [1.29, 1.82) is 0 Å². The van der Waals surface area contributed by atoms with Gasteiger partial charge in [-0.2, -0.15) is 0 Å². The Labute approximate surface area is 116 Å². The second-order valence-electron chi connectivity index (χ2n) is 4.62. The predicted octanol–water partition coefficient (Wildman–Crippen LogP) is 2.62. The second kappa shape index (κ2) is 6.23. The summed E-state index contributed by atoms with van der Waals surface area (Å²) in [6.07, 6.45) is 3.13. The van der Waals surface area contributed by atoms with Crippen molar-refractivity contribution in [3.63, 3.8) is 0 Å². The van der Waals surface area contributed by atoms with E-state index in [2.05, 4.69) is 5.32 Å². The quantitative estimate of drug-likeness (QED) is 0.680. The lowest BCUT2D eigenvalue weighted by Crippen LogP contribution is -2.38. The zero-order valence-electron chi connectivity index (χ0n) is 11.3. The van der Waals surface area contributed by atoms with Gasteiger partial charge in [-0.1, -0.05) is 0 Å². The molecule has 0 unspecified atom stereocenters. The van der Waals surface area contributed by atoms with E-state index < -0.39 is 4.92 Å². The van der Waals surface area contributed by atoms with Gasteiger partial charge >= 0.3 is 11.7 Å². The number of nitrogens with zero attached hydrogens (tertiary/aromatic N) is 2. The Balaban J connectivity index is 2.10. The fraction of sp³-hybridized carbons (Fsp3) is 0.462. The highest BCUT2D eigenvalue weighted by Crippen LogP contribution is 2.29. The molecule has 20 heavy (non-hydrogen) atoms. The molecule has 1 saturated heterocycles. The number of carbonyl (C=O) groups is 1. The van der Waals surface area contributed by atoms with Gasteiger partial charge in [0.15, 0.2) is 5.75 Å². The number of likely N-dealkylation sites (tertiary alicyclic amines) is 1. The molecule has 0 aliphatic carbocycles. The number of methoxy groups -OCH3 is 1. The summed E-state index contributed by atoms with van der Waals surface area (Å²) < 4.78 is 4.92. The fourth-order valence-corrected chi connectivity index (χ4v) is 2.21. The molecule has 1 aromatic rings. The number of benzene rings is 1. The van der Waals surface area contributed by atoms with E-state index in [4.69, 9.17) is 4.74 Å². The van der Waals surface area contributed by atoms with Gasteiger partial charge < -0.3 is 15.0 Å². The van der Waals surface area contributed by atoms with E-state index in [-0.39, 0.29) is 17.5 Å². The normalized spacial score (nSPS) is 14.8. The van der Waals surface area contributed by atoms with Crippen LogP contribution in [0, 0.1) is 10.1 Å². The molecule has 0 bridgehead atoms. The van der Waals surface area contributed by atoms with Crippen molar-refractivity contribution in [3.05, 3.63) is 28.3 Å². The van der Waals surface area contributed by atoms with E-state index in [1.165, 1.54) is 19.2 Å². The molecule has 0 atom stereocenters. The van der Waals surface area contributed by atoms with Gasteiger partial charge in [-0.3, -0.25) is 10.1 Å². The van der Waals surface area contributed by atoms with Crippen molar-refractivity contribution >= 4 is 17.4 Å². The van der Waals surface area contributed by atoms with E-state index in [1.54, 1.807) is 11.0 Å². The third-order valence-electron chi connectivity index (χ3n) is 3.27. The number of hydrogen-bond donors (Lipinski definition) is 1. The molecule has 0 aromatic heterocycles. The molecular weight excluding hydrogens is 262 g/mol. The first-order chi connectivity index (χ1) is 9.61. The van der Waals surface area contributed by atoms with Gasteiger partial charge in [-0.15, -0.1) is 0 Å². The highest BCUT2D eigenvalue weighted by atomic mass is 16.6. The molecule has 1 heterocycles. The van der Waals surface area contributed by atoms with Gasteiger partial charge in [-0.25, -0.2) is 4.79 Å². The lowest BCUT2D eigenvalue weighted by atomic mass is 10.1. The molecule has 1 fully saturated rings. The van der Waals surface area contributed by atoms with Crippen LogP contribution in [-0.2, 0) is 0 Å². The van der Waals surface area contributed by atoms with Crippen LogP contribution < -0.4 is 10.1 Å². The first kappa shape index (κ1) is 14.1. The first-order valence-corrected chi connectivity index (χ1v) is 6.50. The monoisotopic (exact) mass is 279 g/mol. The Morgan fingerprint density at radius 2 is 2.05 bits per heavy atom. The molecular formula is C13H17N3O4. The molecule has 108 valence electrons. The molecule has 0 saturated carbocycles. The van der Waals surface area contributed by atoms with Crippen LogP contribution in [0.15, 0.2) is 18.2 Å². The number of carbonyl (C=O) groups excluding carboxylic acids is 1. The number of nitrogens with one attached hydrogen (secondary N) is 1. The molecule has 1 aliphatic heterocycles. The van der Waals surface area contributed by atoms with E-state index in [1.807, 2.05) is 0 Å². The summed E-state index contributed by atoms with van der Waals surface area (Å²) in [5.41, 5.74) is 0.233. The lowest BCUT2D eigenvalue weighted by Gasteiger charge is -2.26. The number of ether oxygens (including phenoxy) is 1. The zero-order valence-corrected chi connectivity index (χ0v) is 11.3. The predicted molar refractivity (Wildman–Crippen MR) is 74.1 cm³/mol. The summed E-state index contributed by atoms with van der Waals surface area (Å²) in [7, 11) is 1.37. The minimum atomic E-state index is -0.532. The van der Waals surface area contributed by atoms with Gasteiger partial charge in [0.2, 0.25) is 0 Å². The number of urea groups is 1. The Kier molecular flexibility index (Phi) is 4.39. The van der Waals surface area contributed by atoms with Crippen molar-refractivity contribution in [2.75, 3.05) is 25.5 Å². The van der Waals surface area contributed by atoms with E-state index >= 15 is 0 Å². The van der Waals surface area contributed by atoms with Crippen LogP contribution in [0.4, 0.5) is 16.2 Å². The van der Waals surface area contributed by atoms with Crippen molar-refractivity contribution in [3.8, 4) is 5.75 Å². The van der Waals surface area contributed by atoms with E-state index in [0.29, 0.717) is 5.69 Å². The van der Waals surface area contributed by atoms with Crippen LogP contribution in [-0.4, -0.2) is 36.1 Å². The molecule has 0 radical (unpaired) electrons. The number of piperidine rings is 1. The second-order valence-corrected chi connectivity index (χ2v) is 4.62. The summed E-state index contributed by atoms with van der Waals surface area (Å²) in [4.78, 5) is 24.1. The van der Waals surface area contributed by atoms with Gasteiger partial charge in [0.25, 0.3) is 0 Å². The van der Waals surface area contributed by atoms with Crippen molar-refractivity contribution in [1.82, 2.24) is 4.90 Å². The Morgan fingerprint density at radius 1 is 1.35 bits per heavy atom. The number of nitro benzene ring substituents is 1. The number of amides is 2. The number of rotatable bonds is 3. The summed E-state index contributed by atoms with van der Waals surface area (Å²) in [6.45, 7) is 1.45. The Morgan fingerprint density at radius 3 is 2.65 bits per heavy atom. The molecule has 1 aliphatic rings. The number of nitro groups is 1. The smallest absolute Gasteiger partial charge is 0.321 e. The molecule has 2 rings (SSSR count). The highest BCUT2D eigenvalue weighted by molar-refractivity contribution is 5.90. The highest BCUT2D eigenvalue weighted by Gasteiger charge is 2.19. The maximum absolute atomic E-state index is 12.0. The summed E-state index contributed by atoms with van der Waals surface area (Å²) in [6, 6.07) is 4.15. The van der Waals surface area contributed by atoms with Gasteiger partial charge in [-0.05, 0) is 31.4 Å². The SMILES string of the molecule is COc1ccc(NC(=O)N2CCCCC2)cc1[N+](=O)[O-]. The standard InChI is InChI=1S/C13H17N3O4/c1-20-12-6-5-10(9-11(12)16(18)19)14-13(17)15-7-3-2-4-8-15/h5-6,9H,2-4,7-8H2,1H3,(H,14,17). The minimum absolute atomic E-state index is 0.163. The summed E-state index contributed by atoms with van der Waals surface area (Å²) in [5.74, 6) is 0.172. The van der Waals surface area contributed by atoms with Crippen molar-refractivity contribution < 1.29 is 14.5 Å². The molecule has 1 aromatic carbocycles. The fourth-order valence-electron chi connectivity index (χ4n) is 2.21. The maximum atomic E-state index is 12.0. The zero-order chi connectivity index (χ0) is 14.5. The van der Waals surface area contributed by atoms with E-state index in [9.17, 15) is 14.9 Å². The average Bonchev–Trinajstić information content (AvgIpc) is 2.48. The third kappa shape index (κ3) is 3.17. The van der Waals surface area contributed by atoms with Crippen molar-refractivity contribution in [2.45, 2.75) is 19.3 Å². The van der Waals surface area contributed by atoms with Crippen LogP contribution in [0.5, 0.6) is 5.75 Å². The largest absolute Gasteiger partial charge is 0.490 e. The lowest BCUT2D eigenvalue weighted by molar-refractivity contribution is -0.385.